The van der Waals surface area contributed by atoms with E-state index in [4.69, 9.17) is 4.74 Å². The number of hydrogen-bond acceptors (Lipinski definition) is 2. The zero-order valence-electron chi connectivity index (χ0n) is 7.57. The number of aromatic amines is 1. The van der Waals surface area contributed by atoms with Crippen molar-refractivity contribution in [2.24, 2.45) is 0 Å². The summed E-state index contributed by atoms with van der Waals surface area (Å²) >= 11 is 3.75. The van der Waals surface area contributed by atoms with Crippen LogP contribution in [0.25, 0.3) is 10.9 Å². The Morgan fingerprint density at radius 3 is 2.93 bits per heavy atom. The van der Waals surface area contributed by atoms with E-state index in [2.05, 4.69) is 17.6 Å². The third-order valence-electron chi connectivity index (χ3n) is 2.07. The third-order valence-corrected chi connectivity index (χ3v) is 2.32. The molecule has 0 saturated heterocycles. The number of hydrogen-bond donors (Lipinski definition) is 2. The third kappa shape index (κ3) is 1.37. The number of methoxy groups -OCH3 is 1. The van der Waals surface area contributed by atoms with E-state index < -0.39 is 0 Å². The smallest absolute Gasteiger partial charge is 0.232 e. The van der Waals surface area contributed by atoms with Gasteiger partial charge in [0.2, 0.25) is 5.12 Å². The molecule has 0 aliphatic heterocycles. The molecule has 0 atom stereocenters. The lowest BCUT2D eigenvalue weighted by Crippen LogP contribution is -1.86. The highest BCUT2D eigenvalue weighted by Gasteiger charge is 2.08. The molecular formula is C10H9NO2S. The highest BCUT2D eigenvalue weighted by Crippen LogP contribution is 2.26. The number of thiol groups is 1. The van der Waals surface area contributed by atoms with Gasteiger partial charge >= 0.3 is 0 Å². The van der Waals surface area contributed by atoms with Gasteiger partial charge in [-0.2, -0.15) is 0 Å². The van der Waals surface area contributed by atoms with Crippen molar-refractivity contribution in [3.63, 3.8) is 0 Å². The van der Waals surface area contributed by atoms with E-state index in [1.165, 1.54) is 0 Å². The van der Waals surface area contributed by atoms with Crippen LogP contribution in [0.4, 0.5) is 0 Å². The van der Waals surface area contributed by atoms with E-state index in [9.17, 15) is 4.79 Å². The fourth-order valence-electron chi connectivity index (χ4n) is 1.42. The van der Waals surface area contributed by atoms with Crippen molar-refractivity contribution in [1.82, 2.24) is 4.98 Å². The van der Waals surface area contributed by atoms with Crippen LogP contribution < -0.4 is 4.74 Å². The predicted octanol–water partition coefficient (Wildman–Crippen LogP) is 2.25. The molecule has 2 rings (SSSR count). The molecule has 0 unspecified atom stereocenters. The van der Waals surface area contributed by atoms with Gasteiger partial charge in [0.1, 0.15) is 5.75 Å². The van der Waals surface area contributed by atoms with E-state index >= 15 is 0 Å². The average molecular weight is 207 g/mol. The molecule has 14 heavy (non-hydrogen) atoms. The van der Waals surface area contributed by atoms with Crippen LogP contribution in [-0.4, -0.2) is 17.2 Å². The lowest BCUT2D eigenvalue weighted by Gasteiger charge is -1.99. The van der Waals surface area contributed by atoms with Crippen molar-refractivity contribution in [3.8, 4) is 5.75 Å². The number of benzene rings is 1. The Labute approximate surface area is 86.5 Å². The second-order valence-electron chi connectivity index (χ2n) is 2.91. The largest absolute Gasteiger partial charge is 0.496 e. The van der Waals surface area contributed by atoms with Crippen LogP contribution in [0.1, 0.15) is 10.5 Å². The second-order valence-corrected chi connectivity index (χ2v) is 3.32. The fourth-order valence-corrected chi connectivity index (χ4v) is 1.54. The summed E-state index contributed by atoms with van der Waals surface area (Å²) < 4.78 is 5.16. The van der Waals surface area contributed by atoms with Crippen LogP contribution in [0.5, 0.6) is 5.75 Å². The first-order valence-corrected chi connectivity index (χ1v) is 4.56. The summed E-state index contributed by atoms with van der Waals surface area (Å²) in [5.41, 5.74) is 1.36. The first-order chi connectivity index (χ1) is 6.72. The van der Waals surface area contributed by atoms with Gasteiger partial charge in [0.05, 0.1) is 12.8 Å². The number of aromatic nitrogens is 1. The Hall–Kier alpha value is -1.42. The van der Waals surface area contributed by atoms with Gasteiger partial charge in [-0.3, -0.25) is 4.79 Å². The first-order valence-electron chi connectivity index (χ1n) is 4.11. The molecule has 0 bridgehead atoms. The van der Waals surface area contributed by atoms with Crippen LogP contribution in [0.15, 0.2) is 24.3 Å². The molecule has 1 N–H and O–H groups in total. The van der Waals surface area contributed by atoms with Crippen LogP contribution in [-0.2, 0) is 0 Å². The van der Waals surface area contributed by atoms with Gasteiger partial charge in [-0.15, -0.1) is 0 Å². The Morgan fingerprint density at radius 1 is 1.50 bits per heavy atom. The van der Waals surface area contributed by atoms with Crippen molar-refractivity contribution in [1.29, 1.82) is 0 Å². The maximum atomic E-state index is 11.0. The summed E-state index contributed by atoms with van der Waals surface area (Å²) in [5, 5.41) is 0.621. The number of nitrogens with one attached hydrogen (secondary N) is 1. The zero-order chi connectivity index (χ0) is 10.1. The molecule has 1 aromatic heterocycles. The quantitative estimate of drug-likeness (QED) is 0.742. The number of fused-ring (bicyclic) bond motifs is 1. The van der Waals surface area contributed by atoms with Gasteiger partial charge in [-0.25, -0.2) is 0 Å². The van der Waals surface area contributed by atoms with E-state index in [0.717, 1.165) is 16.7 Å². The maximum absolute atomic E-state index is 11.0. The number of rotatable bonds is 2. The molecule has 72 valence electrons. The molecule has 3 nitrogen and oxygen atoms in total. The minimum atomic E-state index is -0.275. The van der Waals surface area contributed by atoms with Crippen molar-refractivity contribution >= 4 is 28.6 Å². The number of carbonyl (C=O) groups is 1. The maximum Gasteiger partial charge on any atom is 0.232 e. The van der Waals surface area contributed by atoms with Gasteiger partial charge < -0.3 is 9.72 Å². The van der Waals surface area contributed by atoms with Crippen LogP contribution in [0.2, 0.25) is 0 Å². The number of H-pyrrole nitrogens is 1. The SMILES string of the molecule is COc1cccc2[nH]c(C(=O)S)cc12. The molecule has 1 aromatic carbocycles. The van der Waals surface area contributed by atoms with Crippen molar-refractivity contribution in [3.05, 3.63) is 30.0 Å². The lowest BCUT2D eigenvalue weighted by molar-refractivity contribution is 0.108. The topological polar surface area (TPSA) is 42.1 Å². The summed E-state index contributed by atoms with van der Waals surface area (Å²) in [5.74, 6) is 0.750. The van der Waals surface area contributed by atoms with Crippen LogP contribution in [0.3, 0.4) is 0 Å². The van der Waals surface area contributed by atoms with Gasteiger partial charge in [0.25, 0.3) is 0 Å². The Morgan fingerprint density at radius 2 is 2.29 bits per heavy atom. The summed E-state index contributed by atoms with van der Waals surface area (Å²) in [6.07, 6.45) is 0. The summed E-state index contributed by atoms with van der Waals surface area (Å²) in [6.45, 7) is 0. The Kier molecular flexibility index (Phi) is 2.21. The van der Waals surface area contributed by atoms with Crippen molar-refractivity contribution in [2.45, 2.75) is 0 Å². The molecule has 0 saturated carbocycles. The molecule has 4 heteroatoms. The van der Waals surface area contributed by atoms with Crippen LogP contribution in [0, 0.1) is 0 Å². The molecule has 0 fully saturated rings. The number of ether oxygens (including phenoxy) is 1. The van der Waals surface area contributed by atoms with Gasteiger partial charge in [-0.1, -0.05) is 18.7 Å². The Bertz CT molecular complexity index is 490. The molecule has 0 aliphatic carbocycles. The first kappa shape index (κ1) is 9.15. The van der Waals surface area contributed by atoms with Gasteiger partial charge in [-0.05, 0) is 18.2 Å². The summed E-state index contributed by atoms with van der Waals surface area (Å²) in [6, 6.07) is 7.34. The van der Waals surface area contributed by atoms with E-state index in [-0.39, 0.29) is 5.12 Å². The highest BCUT2D eigenvalue weighted by molar-refractivity contribution is 7.97. The summed E-state index contributed by atoms with van der Waals surface area (Å²) in [7, 11) is 1.60. The predicted molar refractivity (Wildman–Crippen MR) is 58.2 cm³/mol. The van der Waals surface area contributed by atoms with E-state index in [1.807, 2.05) is 18.2 Å². The molecule has 2 aromatic rings. The second kappa shape index (κ2) is 3.38. The van der Waals surface area contributed by atoms with Gasteiger partial charge in [0, 0.05) is 10.9 Å². The Balaban J connectivity index is 2.70. The molecule has 0 amide bonds. The summed E-state index contributed by atoms with van der Waals surface area (Å²) in [4.78, 5) is 14.0. The minimum absolute atomic E-state index is 0.275. The fraction of sp³-hybridized carbons (Fsp3) is 0.100. The lowest BCUT2D eigenvalue weighted by atomic mass is 10.2. The standard InChI is InChI=1S/C10H9NO2S/c1-13-9-4-2-3-7-6(9)5-8(11-7)10(12)14/h2-5,11H,1H3,(H,12,14). The molecule has 1 heterocycles. The molecule has 0 radical (unpaired) electrons. The van der Waals surface area contributed by atoms with Gasteiger partial charge in [0.15, 0.2) is 0 Å². The average Bonchev–Trinajstić information content (AvgIpc) is 2.60. The zero-order valence-corrected chi connectivity index (χ0v) is 8.47. The molecule has 0 aliphatic rings. The van der Waals surface area contributed by atoms with E-state index in [1.54, 1.807) is 13.2 Å². The highest BCUT2D eigenvalue weighted by atomic mass is 32.1. The van der Waals surface area contributed by atoms with Crippen molar-refractivity contribution < 1.29 is 9.53 Å². The van der Waals surface area contributed by atoms with Crippen molar-refractivity contribution in [2.75, 3.05) is 7.11 Å². The molecule has 0 spiro atoms. The monoisotopic (exact) mass is 207 g/mol. The number of carbonyl (C=O) groups excluding carboxylic acids is 1. The van der Waals surface area contributed by atoms with E-state index in [0.29, 0.717) is 5.69 Å². The molecular weight excluding hydrogens is 198 g/mol. The normalized spacial score (nSPS) is 10.4. The minimum Gasteiger partial charge on any atom is -0.496 e. The van der Waals surface area contributed by atoms with Crippen LogP contribution >= 0.6 is 12.6 Å².